The smallest absolute Gasteiger partial charge is 0.335 e. The van der Waals surface area contributed by atoms with Gasteiger partial charge in [0.1, 0.15) is 11.5 Å². The van der Waals surface area contributed by atoms with Crippen LogP contribution >= 0.6 is 0 Å². The van der Waals surface area contributed by atoms with E-state index in [2.05, 4.69) is 13.8 Å². The summed E-state index contributed by atoms with van der Waals surface area (Å²) >= 11 is 0. The molecule has 0 radical (unpaired) electrons. The van der Waals surface area contributed by atoms with Crippen LogP contribution in [0, 0.1) is 0 Å². The lowest BCUT2D eigenvalue weighted by molar-refractivity contribution is 0.0695. The third-order valence-electron chi connectivity index (χ3n) is 5.16. The van der Waals surface area contributed by atoms with Crippen LogP contribution in [0.1, 0.15) is 114 Å². The maximum Gasteiger partial charge on any atom is 0.335 e. The Morgan fingerprint density at radius 3 is 1.41 bits per heavy atom. The van der Waals surface area contributed by atoms with E-state index in [1.165, 1.54) is 64.2 Å². The van der Waals surface area contributed by atoms with Crippen molar-refractivity contribution >= 4 is 5.97 Å². The van der Waals surface area contributed by atoms with Crippen LogP contribution in [0.3, 0.4) is 0 Å². The molecule has 4 nitrogen and oxygen atoms in total. The Labute approximate surface area is 178 Å². The molecule has 0 heterocycles. The molecule has 0 spiro atoms. The number of aromatic carboxylic acids is 1. The molecule has 0 saturated carbocycles. The van der Waals surface area contributed by atoms with Gasteiger partial charge in [-0.25, -0.2) is 4.79 Å². The van der Waals surface area contributed by atoms with Crippen LogP contribution in [0.25, 0.3) is 0 Å². The summed E-state index contributed by atoms with van der Waals surface area (Å²) in [7, 11) is 0. The molecule has 0 aliphatic carbocycles. The molecule has 1 aromatic rings. The van der Waals surface area contributed by atoms with Crippen molar-refractivity contribution in [3.8, 4) is 11.5 Å². The van der Waals surface area contributed by atoms with Gasteiger partial charge in [0.15, 0.2) is 0 Å². The van der Waals surface area contributed by atoms with Gasteiger partial charge in [0.2, 0.25) is 0 Å². The largest absolute Gasteiger partial charge is 0.493 e. The molecule has 166 valence electrons. The van der Waals surface area contributed by atoms with Gasteiger partial charge in [-0.1, -0.05) is 90.9 Å². The zero-order chi connectivity index (χ0) is 21.2. The molecule has 4 heteroatoms. The minimum atomic E-state index is -0.952. The number of hydrogen-bond donors (Lipinski definition) is 1. The van der Waals surface area contributed by atoms with E-state index in [0.29, 0.717) is 24.7 Å². The first-order valence-corrected chi connectivity index (χ1v) is 11.8. The maximum absolute atomic E-state index is 11.4. The van der Waals surface area contributed by atoms with Crippen molar-refractivity contribution < 1.29 is 19.4 Å². The van der Waals surface area contributed by atoms with Crippen molar-refractivity contribution in [2.45, 2.75) is 104 Å². The number of rotatable bonds is 19. The van der Waals surface area contributed by atoms with Gasteiger partial charge in [-0.05, 0) is 25.0 Å². The van der Waals surface area contributed by atoms with Gasteiger partial charge in [-0.15, -0.1) is 0 Å². The topological polar surface area (TPSA) is 55.8 Å². The number of benzene rings is 1. The van der Waals surface area contributed by atoms with E-state index < -0.39 is 5.97 Å². The summed E-state index contributed by atoms with van der Waals surface area (Å²) in [6.07, 6.45) is 17.2. The van der Waals surface area contributed by atoms with Crippen LogP contribution in [0.4, 0.5) is 0 Å². The molecular weight excluding hydrogens is 364 g/mol. The Hall–Kier alpha value is -1.71. The first kappa shape index (κ1) is 25.3. The summed E-state index contributed by atoms with van der Waals surface area (Å²) in [5.74, 6) is 0.225. The second-order valence-electron chi connectivity index (χ2n) is 7.94. The summed E-state index contributed by atoms with van der Waals surface area (Å²) in [5.41, 5.74) is 0.219. The van der Waals surface area contributed by atoms with E-state index in [-0.39, 0.29) is 5.56 Å². The Kier molecular flexibility index (Phi) is 15.0. The molecule has 0 aromatic heterocycles. The molecule has 1 N–H and O–H groups in total. The van der Waals surface area contributed by atoms with Crippen LogP contribution in [0.15, 0.2) is 18.2 Å². The average Bonchev–Trinajstić information content (AvgIpc) is 2.72. The Morgan fingerprint density at radius 2 is 1.03 bits per heavy atom. The highest BCUT2D eigenvalue weighted by atomic mass is 16.5. The predicted molar refractivity (Wildman–Crippen MR) is 120 cm³/mol. The Morgan fingerprint density at radius 1 is 0.655 bits per heavy atom. The number of carboxylic acids is 1. The lowest BCUT2D eigenvalue weighted by atomic mass is 10.1. The van der Waals surface area contributed by atoms with Crippen LogP contribution < -0.4 is 9.47 Å². The molecule has 0 aliphatic heterocycles. The normalized spacial score (nSPS) is 10.8. The third-order valence-corrected chi connectivity index (χ3v) is 5.16. The minimum Gasteiger partial charge on any atom is -0.493 e. The fraction of sp³-hybridized carbons (Fsp3) is 0.720. The van der Waals surface area contributed by atoms with Gasteiger partial charge in [-0.2, -0.15) is 0 Å². The van der Waals surface area contributed by atoms with Gasteiger partial charge in [0, 0.05) is 6.07 Å². The van der Waals surface area contributed by atoms with Crippen molar-refractivity contribution in [3.05, 3.63) is 23.8 Å². The molecule has 1 rings (SSSR count). The SMILES string of the molecule is CCCCCCCCCOc1cc(OCCCCCCCCC)cc(C(=O)O)c1. The van der Waals surface area contributed by atoms with E-state index in [1.807, 2.05) is 6.07 Å². The quantitative estimate of drug-likeness (QED) is 0.240. The second-order valence-corrected chi connectivity index (χ2v) is 7.94. The molecule has 0 atom stereocenters. The van der Waals surface area contributed by atoms with Crippen molar-refractivity contribution in [3.63, 3.8) is 0 Å². The van der Waals surface area contributed by atoms with Gasteiger partial charge in [0.25, 0.3) is 0 Å². The van der Waals surface area contributed by atoms with Crippen LogP contribution in [-0.4, -0.2) is 24.3 Å². The van der Waals surface area contributed by atoms with Crippen LogP contribution in [0.2, 0.25) is 0 Å². The molecule has 0 saturated heterocycles. The molecule has 0 aliphatic rings. The second kappa shape index (κ2) is 17.2. The monoisotopic (exact) mass is 406 g/mol. The van der Waals surface area contributed by atoms with Crippen LogP contribution in [-0.2, 0) is 0 Å². The fourth-order valence-corrected chi connectivity index (χ4v) is 3.36. The third kappa shape index (κ3) is 13.2. The Balaban J connectivity index is 2.32. The Bertz CT molecular complexity index is 503. The summed E-state index contributed by atoms with van der Waals surface area (Å²) < 4.78 is 11.6. The lowest BCUT2D eigenvalue weighted by Gasteiger charge is -2.11. The van der Waals surface area contributed by atoms with Gasteiger partial charge < -0.3 is 14.6 Å². The lowest BCUT2D eigenvalue weighted by Crippen LogP contribution is -2.03. The highest BCUT2D eigenvalue weighted by Gasteiger charge is 2.09. The first-order chi connectivity index (χ1) is 14.2. The summed E-state index contributed by atoms with van der Waals surface area (Å²) in [6.45, 7) is 5.69. The standard InChI is InChI=1S/C25H42O4/c1-3-5-7-9-11-13-15-17-28-23-19-22(25(26)27)20-24(21-23)29-18-16-14-12-10-8-6-4-2/h19-21H,3-18H2,1-2H3,(H,26,27). The van der Waals surface area contributed by atoms with Crippen LogP contribution in [0.5, 0.6) is 11.5 Å². The van der Waals surface area contributed by atoms with E-state index >= 15 is 0 Å². The number of carbonyl (C=O) groups is 1. The highest BCUT2D eigenvalue weighted by molar-refractivity contribution is 5.88. The van der Waals surface area contributed by atoms with E-state index in [9.17, 15) is 9.90 Å². The summed E-state index contributed by atoms with van der Waals surface area (Å²) in [4.78, 5) is 11.4. The molecule has 0 bridgehead atoms. The van der Waals surface area contributed by atoms with Gasteiger partial charge in [-0.3, -0.25) is 0 Å². The number of unbranched alkanes of at least 4 members (excludes halogenated alkanes) is 12. The summed E-state index contributed by atoms with van der Waals surface area (Å²) in [5, 5.41) is 9.35. The van der Waals surface area contributed by atoms with Crippen molar-refractivity contribution in [1.82, 2.24) is 0 Å². The average molecular weight is 407 g/mol. The molecule has 0 amide bonds. The summed E-state index contributed by atoms with van der Waals surface area (Å²) in [6, 6.07) is 4.99. The molecular formula is C25H42O4. The fourth-order valence-electron chi connectivity index (χ4n) is 3.36. The van der Waals surface area contributed by atoms with Gasteiger partial charge >= 0.3 is 5.97 Å². The number of hydrogen-bond acceptors (Lipinski definition) is 3. The van der Waals surface area contributed by atoms with Crippen molar-refractivity contribution in [1.29, 1.82) is 0 Å². The molecule has 1 aromatic carbocycles. The maximum atomic E-state index is 11.4. The molecule has 0 fully saturated rings. The zero-order valence-electron chi connectivity index (χ0n) is 18.7. The van der Waals surface area contributed by atoms with Gasteiger partial charge in [0.05, 0.1) is 18.8 Å². The number of carboxylic acid groups (broad SMARTS) is 1. The highest BCUT2D eigenvalue weighted by Crippen LogP contribution is 2.24. The first-order valence-electron chi connectivity index (χ1n) is 11.8. The van der Waals surface area contributed by atoms with Crippen molar-refractivity contribution in [2.24, 2.45) is 0 Å². The van der Waals surface area contributed by atoms with E-state index in [4.69, 9.17) is 9.47 Å². The molecule has 0 unspecified atom stereocenters. The van der Waals surface area contributed by atoms with E-state index in [1.54, 1.807) is 12.1 Å². The minimum absolute atomic E-state index is 0.219. The van der Waals surface area contributed by atoms with E-state index in [0.717, 1.165) is 25.7 Å². The molecule has 29 heavy (non-hydrogen) atoms. The number of ether oxygens (including phenoxy) is 2. The zero-order valence-corrected chi connectivity index (χ0v) is 18.7. The predicted octanol–water partition coefficient (Wildman–Crippen LogP) is 7.64. The van der Waals surface area contributed by atoms with Crippen molar-refractivity contribution in [2.75, 3.05) is 13.2 Å².